The molecule has 1 saturated carbocycles. The third-order valence-electron chi connectivity index (χ3n) is 4.10. The molecule has 6 heteroatoms. The first-order valence-corrected chi connectivity index (χ1v) is 9.21. The molecule has 0 heterocycles. The summed E-state index contributed by atoms with van der Waals surface area (Å²) < 4.78 is 0. The van der Waals surface area contributed by atoms with Gasteiger partial charge in [-0.25, -0.2) is 4.79 Å². The van der Waals surface area contributed by atoms with Crippen molar-refractivity contribution in [1.82, 2.24) is 5.32 Å². The predicted octanol–water partition coefficient (Wildman–Crippen LogP) is 3.70. The minimum absolute atomic E-state index is 0.0610. The highest BCUT2D eigenvalue weighted by molar-refractivity contribution is 7.98. The van der Waals surface area contributed by atoms with E-state index in [1.54, 1.807) is 0 Å². The summed E-state index contributed by atoms with van der Waals surface area (Å²) >= 11 is 1.86. The van der Waals surface area contributed by atoms with Gasteiger partial charge in [0, 0.05) is 17.5 Å². The molecule has 2 rings (SSSR count). The minimum atomic E-state index is -0.728. The molecule has 1 fully saturated rings. The zero-order chi connectivity index (χ0) is 16.7. The Kier molecular flexibility index (Phi) is 6.77. The molecule has 0 radical (unpaired) electrons. The van der Waals surface area contributed by atoms with Crippen molar-refractivity contribution in [1.29, 1.82) is 0 Å². The highest BCUT2D eigenvalue weighted by atomic mass is 32.2. The number of hydrogen-bond donors (Lipinski definition) is 3. The molecule has 23 heavy (non-hydrogen) atoms. The van der Waals surface area contributed by atoms with Gasteiger partial charge in [-0.3, -0.25) is 4.79 Å². The van der Waals surface area contributed by atoms with Gasteiger partial charge in [0.25, 0.3) is 0 Å². The van der Waals surface area contributed by atoms with Crippen LogP contribution in [0.2, 0.25) is 0 Å². The average molecular weight is 336 g/mol. The number of carbonyl (C=O) groups excluding carboxylic acids is 1. The van der Waals surface area contributed by atoms with E-state index in [0.29, 0.717) is 12.8 Å². The van der Waals surface area contributed by atoms with E-state index in [4.69, 9.17) is 5.11 Å². The molecule has 1 aliphatic carbocycles. The summed E-state index contributed by atoms with van der Waals surface area (Å²) in [7, 11) is 0. The number of benzene rings is 1. The van der Waals surface area contributed by atoms with E-state index in [-0.39, 0.29) is 18.0 Å². The van der Waals surface area contributed by atoms with Crippen LogP contribution < -0.4 is 10.6 Å². The minimum Gasteiger partial charge on any atom is -0.481 e. The summed E-state index contributed by atoms with van der Waals surface area (Å²) in [6.45, 7) is 2.13. The Balaban J connectivity index is 1.75. The molecule has 126 valence electrons. The van der Waals surface area contributed by atoms with Gasteiger partial charge in [0.15, 0.2) is 0 Å². The Hall–Kier alpha value is -1.69. The zero-order valence-corrected chi connectivity index (χ0v) is 14.2. The van der Waals surface area contributed by atoms with Crippen LogP contribution in [0.3, 0.4) is 0 Å². The molecule has 0 bridgehead atoms. The average Bonchev–Trinajstić information content (AvgIpc) is 2.54. The highest BCUT2D eigenvalue weighted by Gasteiger charge is 2.26. The number of anilines is 1. The fraction of sp³-hybridized carbons (Fsp3) is 0.529. The van der Waals surface area contributed by atoms with E-state index in [2.05, 4.69) is 17.6 Å². The summed E-state index contributed by atoms with van der Waals surface area (Å²) in [5, 5.41) is 14.7. The Labute approximate surface area is 141 Å². The van der Waals surface area contributed by atoms with Crippen molar-refractivity contribution in [2.75, 3.05) is 11.1 Å². The molecule has 3 N–H and O–H groups in total. The zero-order valence-electron chi connectivity index (χ0n) is 13.4. The molecule has 5 nitrogen and oxygen atoms in total. The smallest absolute Gasteiger partial charge is 0.319 e. The van der Waals surface area contributed by atoms with Gasteiger partial charge in [-0.1, -0.05) is 19.1 Å². The van der Waals surface area contributed by atoms with Gasteiger partial charge >= 0.3 is 12.0 Å². The SMILES string of the molecule is CCSCc1ccc(NC(=O)NC2CCC(C(=O)O)CC2)cc1. The maximum Gasteiger partial charge on any atom is 0.319 e. The third kappa shape index (κ3) is 5.78. The number of hydrogen-bond acceptors (Lipinski definition) is 3. The van der Waals surface area contributed by atoms with Crippen LogP contribution >= 0.6 is 11.8 Å². The second-order valence-corrected chi connectivity index (χ2v) is 7.09. The monoisotopic (exact) mass is 336 g/mol. The third-order valence-corrected chi connectivity index (χ3v) is 5.04. The highest BCUT2D eigenvalue weighted by Crippen LogP contribution is 2.24. The first kappa shape index (κ1) is 17.7. The van der Waals surface area contributed by atoms with E-state index >= 15 is 0 Å². The van der Waals surface area contributed by atoms with Crippen molar-refractivity contribution < 1.29 is 14.7 Å². The van der Waals surface area contributed by atoms with E-state index < -0.39 is 5.97 Å². The number of thioether (sulfide) groups is 1. The first-order chi connectivity index (χ1) is 11.1. The fourth-order valence-corrected chi connectivity index (χ4v) is 3.37. The molecule has 1 aromatic carbocycles. The number of aliphatic carboxylic acids is 1. The summed E-state index contributed by atoms with van der Waals surface area (Å²) in [5.41, 5.74) is 2.02. The Morgan fingerprint density at radius 3 is 2.39 bits per heavy atom. The van der Waals surface area contributed by atoms with E-state index in [1.165, 1.54) is 5.56 Å². The molecule has 0 aliphatic heterocycles. The van der Waals surface area contributed by atoms with E-state index in [9.17, 15) is 9.59 Å². The van der Waals surface area contributed by atoms with Gasteiger partial charge < -0.3 is 15.7 Å². The second-order valence-electron chi connectivity index (χ2n) is 5.82. The van der Waals surface area contributed by atoms with Crippen LogP contribution in [0.5, 0.6) is 0 Å². The quantitative estimate of drug-likeness (QED) is 0.740. The van der Waals surface area contributed by atoms with Crippen LogP contribution in [0.4, 0.5) is 10.5 Å². The maximum atomic E-state index is 12.0. The summed E-state index contributed by atoms with van der Waals surface area (Å²) in [4.78, 5) is 22.9. The molecule has 0 atom stereocenters. The molecule has 0 spiro atoms. The molecular weight excluding hydrogens is 312 g/mol. The standard InChI is InChI=1S/C17H24N2O3S/c1-2-23-11-12-3-7-14(8-4-12)18-17(22)19-15-9-5-13(6-10-15)16(20)21/h3-4,7-8,13,15H,2,5-6,9-11H2,1H3,(H,20,21)(H2,18,19,22). The number of amides is 2. The van der Waals surface area contributed by atoms with Crippen molar-refractivity contribution in [3.05, 3.63) is 29.8 Å². The molecule has 0 unspecified atom stereocenters. The van der Waals surface area contributed by atoms with Crippen molar-refractivity contribution in [3.8, 4) is 0 Å². The normalized spacial score (nSPS) is 20.7. The Morgan fingerprint density at radius 1 is 1.17 bits per heavy atom. The van der Waals surface area contributed by atoms with Gasteiger partial charge in [0.1, 0.15) is 0 Å². The molecule has 0 saturated heterocycles. The summed E-state index contributed by atoms with van der Waals surface area (Å²) in [5.74, 6) is 1.08. The Bertz CT molecular complexity index is 525. The van der Waals surface area contributed by atoms with Crippen molar-refractivity contribution in [2.45, 2.75) is 44.4 Å². The van der Waals surface area contributed by atoms with Gasteiger partial charge in [0.2, 0.25) is 0 Å². The number of carbonyl (C=O) groups is 2. The summed E-state index contributed by atoms with van der Waals surface area (Å²) in [6.07, 6.45) is 2.70. The van der Waals surface area contributed by atoms with Gasteiger partial charge in [-0.15, -0.1) is 0 Å². The van der Waals surface area contributed by atoms with Crippen LogP contribution in [-0.2, 0) is 10.5 Å². The van der Waals surface area contributed by atoms with Crippen molar-refractivity contribution in [2.24, 2.45) is 5.92 Å². The lowest BCUT2D eigenvalue weighted by Gasteiger charge is -2.26. The van der Waals surface area contributed by atoms with Crippen molar-refractivity contribution >= 4 is 29.4 Å². The molecule has 2 amide bonds. The predicted molar refractivity (Wildman–Crippen MR) is 93.8 cm³/mol. The van der Waals surface area contributed by atoms with Gasteiger partial charge in [-0.2, -0.15) is 11.8 Å². The number of nitrogens with one attached hydrogen (secondary N) is 2. The van der Waals surface area contributed by atoms with Crippen LogP contribution in [0, 0.1) is 5.92 Å². The van der Waals surface area contributed by atoms with Crippen molar-refractivity contribution in [3.63, 3.8) is 0 Å². The molecule has 0 aromatic heterocycles. The van der Waals surface area contributed by atoms with E-state index in [1.807, 2.05) is 36.0 Å². The van der Waals surface area contributed by atoms with Crippen LogP contribution in [-0.4, -0.2) is 28.9 Å². The lowest BCUT2D eigenvalue weighted by molar-refractivity contribution is -0.142. The van der Waals surface area contributed by atoms with Crippen LogP contribution in [0.1, 0.15) is 38.2 Å². The Morgan fingerprint density at radius 2 is 1.83 bits per heavy atom. The topological polar surface area (TPSA) is 78.4 Å². The number of carboxylic acids is 1. The molecular formula is C17H24N2O3S. The lowest BCUT2D eigenvalue weighted by atomic mass is 9.86. The van der Waals surface area contributed by atoms with Crippen LogP contribution in [0.15, 0.2) is 24.3 Å². The van der Waals surface area contributed by atoms with Crippen LogP contribution in [0.25, 0.3) is 0 Å². The van der Waals surface area contributed by atoms with Gasteiger partial charge in [-0.05, 0) is 49.1 Å². The number of carboxylic acid groups (broad SMARTS) is 1. The largest absolute Gasteiger partial charge is 0.481 e. The number of urea groups is 1. The second kappa shape index (κ2) is 8.82. The molecule has 1 aliphatic rings. The van der Waals surface area contributed by atoms with Gasteiger partial charge in [0.05, 0.1) is 5.92 Å². The fourth-order valence-electron chi connectivity index (χ4n) is 2.74. The lowest BCUT2D eigenvalue weighted by Crippen LogP contribution is -2.40. The maximum absolute atomic E-state index is 12.0. The molecule has 1 aromatic rings. The number of rotatable bonds is 6. The first-order valence-electron chi connectivity index (χ1n) is 8.05. The van der Waals surface area contributed by atoms with E-state index in [0.717, 1.165) is 30.0 Å². The summed E-state index contributed by atoms with van der Waals surface area (Å²) in [6, 6.07) is 7.70.